The molecule has 0 radical (unpaired) electrons. The monoisotopic (exact) mass is 477 g/mol. The minimum absolute atomic E-state index is 0.00954. The van der Waals surface area contributed by atoms with E-state index in [9.17, 15) is 4.79 Å². The van der Waals surface area contributed by atoms with Crippen molar-refractivity contribution in [1.29, 1.82) is 0 Å². The molecule has 34 heavy (non-hydrogen) atoms. The van der Waals surface area contributed by atoms with Gasteiger partial charge in [0, 0.05) is 42.5 Å². The summed E-state index contributed by atoms with van der Waals surface area (Å²) < 4.78 is 6.18. The number of nitrogens with one attached hydrogen (secondary N) is 1. The van der Waals surface area contributed by atoms with Crippen molar-refractivity contribution >= 4 is 39.0 Å². The maximum Gasteiger partial charge on any atom is 0.263 e. The lowest BCUT2D eigenvalue weighted by atomic mass is 9.88. The molecule has 178 valence electrons. The quantitative estimate of drug-likeness (QED) is 0.595. The Kier molecular flexibility index (Phi) is 5.26. The van der Waals surface area contributed by atoms with E-state index in [2.05, 4.69) is 34.3 Å². The Labute approximate surface area is 203 Å². The van der Waals surface area contributed by atoms with Gasteiger partial charge in [0.15, 0.2) is 0 Å². The number of nitrogens with two attached hydrogens (primary N) is 1. The summed E-state index contributed by atoms with van der Waals surface area (Å²) >= 11 is 1.37. The lowest BCUT2D eigenvalue weighted by Crippen LogP contribution is -2.39. The lowest BCUT2D eigenvalue weighted by molar-refractivity contribution is 0.00147. The van der Waals surface area contributed by atoms with Crippen LogP contribution in [0.4, 0.5) is 11.5 Å². The number of nitrogens with zero attached hydrogens (tertiary/aromatic N) is 3. The van der Waals surface area contributed by atoms with Crippen LogP contribution in [-0.4, -0.2) is 47.2 Å². The molecule has 0 aromatic carbocycles. The maximum absolute atomic E-state index is 13.0. The Balaban J connectivity index is 1.14. The van der Waals surface area contributed by atoms with Crippen LogP contribution in [0, 0.1) is 12.8 Å². The summed E-state index contributed by atoms with van der Waals surface area (Å²) in [5.41, 5.74) is 10.1. The van der Waals surface area contributed by atoms with Gasteiger partial charge in [-0.15, -0.1) is 11.3 Å². The highest BCUT2D eigenvalue weighted by Crippen LogP contribution is 2.41. The molecule has 3 aromatic heterocycles. The number of aryl methyl sites for hydroxylation is 2. The van der Waals surface area contributed by atoms with E-state index in [1.165, 1.54) is 16.9 Å². The summed E-state index contributed by atoms with van der Waals surface area (Å²) in [5, 5.41) is 4.06. The largest absolute Gasteiger partial charge is 0.397 e. The Morgan fingerprint density at radius 1 is 1.26 bits per heavy atom. The molecule has 3 aliphatic rings. The van der Waals surface area contributed by atoms with Crippen LogP contribution in [-0.2, 0) is 17.6 Å². The molecule has 3 aromatic rings. The van der Waals surface area contributed by atoms with Crippen LogP contribution in [0.25, 0.3) is 10.2 Å². The van der Waals surface area contributed by atoms with Gasteiger partial charge >= 0.3 is 0 Å². The third-order valence-electron chi connectivity index (χ3n) is 7.95. The van der Waals surface area contributed by atoms with E-state index in [1.807, 2.05) is 19.1 Å². The molecular formula is C26H31N5O2S. The second-order valence-electron chi connectivity index (χ2n) is 10.1. The fourth-order valence-corrected chi connectivity index (χ4v) is 6.82. The third-order valence-corrected chi connectivity index (χ3v) is 9.06. The first-order valence-corrected chi connectivity index (χ1v) is 13.1. The number of anilines is 2. The number of nitrogen functional groups attached to an aromatic ring is 1. The van der Waals surface area contributed by atoms with E-state index in [1.54, 1.807) is 0 Å². The van der Waals surface area contributed by atoms with Gasteiger partial charge in [0.2, 0.25) is 0 Å². The predicted molar refractivity (Wildman–Crippen MR) is 136 cm³/mol. The summed E-state index contributed by atoms with van der Waals surface area (Å²) in [5.74, 6) is 1.56. The number of rotatable bonds is 3. The van der Waals surface area contributed by atoms with Gasteiger partial charge in [-0.05, 0) is 68.7 Å². The van der Waals surface area contributed by atoms with E-state index >= 15 is 0 Å². The third kappa shape index (κ3) is 3.64. The van der Waals surface area contributed by atoms with Gasteiger partial charge in [-0.3, -0.25) is 4.79 Å². The summed E-state index contributed by atoms with van der Waals surface area (Å²) in [6.45, 7) is 7.07. The summed E-state index contributed by atoms with van der Waals surface area (Å²) in [7, 11) is 0. The first-order valence-electron chi connectivity index (χ1n) is 12.3. The van der Waals surface area contributed by atoms with Gasteiger partial charge in [-0.2, -0.15) is 0 Å². The fourth-order valence-electron chi connectivity index (χ4n) is 5.77. The maximum atomic E-state index is 13.0. The Morgan fingerprint density at radius 2 is 2.15 bits per heavy atom. The lowest BCUT2D eigenvalue weighted by Gasteiger charge is -2.29. The molecule has 0 unspecified atom stereocenters. The molecule has 5 heterocycles. The molecule has 3 atom stereocenters. The van der Waals surface area contributed by atoms with E-state index in [-0.39, 0.29) is 17.6 Å². The van der Waals surface area contributed by atoms with Gasteiger partial charge < -0.3 is 20.7 Å². The van der Waals surface area contributed by atoms with E-state index in [0.29, 0.717) is 16.5 Å². The molecule has 2 saturated heterocycles. The molecular weight excluding hydrogens is 446 g/mol. The number of hydrogen-bond acceptors (Lipinski definition) is 7. The van der Waals surface area contributed by atoms with Gasteiger partial charge in [-0.1, -0.05) is 13.0 Å². The number of carbonyl (C=O) groups excluding carboxylic acids is 1. The zero-order chi connectivity index (χ0) is 23.4. The fraction of sp³-hybridized carbons (Fsp3) is 0.500. The van der Waals surface area contributed by atoms with Crippen molar-refractivity contribution in [2.45, 2.75) is 57.6 Å². The number of carbonyl (C=O) groups is 1. The van der Waals surface area contributed by atoms with Crippen LogP contribution < -0.4 is 16.0 Å². The molecule has 0 bridgehead atoms. The van der Waals surface area contributed by atoms with Crippen molar-refractivity contribution < 1.29 is 9.53 Å². The van der Waals surface area contributed by atoms with Crippen LogP contribution in [0.15, 0.2) is 24.3 Å². The number of pyridine rings is 2. The van der Waals surface area contributed by atoms with Gasteiger partial charge in [-0.25, -0.2) is 9.97 Å². The smallest absolute Gasteiger partial charge is 0.263 e. The minimum Gasteiger partial charge on any atom is -0.397 e. The van der Waals surface area contributed by atoms with Crippen LogP contribution in [0.1, 0.15) is 52.8 Å². The number of hydrogen-bond donors (Lipinski definition) is 2. The highest BCUT2D eigenvalue weighted by atomic mass is 32.1. The molecule has 1 aliphatic carbocycles. The number of fused-ring (bicyclic) bond motifs is 2. The number of aromatic nitrogens is 2. The number of ether oxygens (including phenoxy) is 1. The van der Waals surface area contributed by atoms with Crippen molar-refractivity contribution in [2.75, 3.05) is 30.3 Å². The summed E-state index contributed by atoms with van der Waals surface area (Å²) in [4.78, 5) is 26.3. The summed E-state index contributed by atoms with van der Waals surface area (Å²) in [6.07, 6.45) is 4.77. The zero-order valence-electron chi connectivity index (χ0n) is 19.8. The van der Waals surface area contributed by atoms with Crippen molar-refractivity contribution in [2.24, 2.45) is 5.92 Å². The van der Waals surface area contributed by atoms with Crippen LogP contribution in [0.2, 0.25) is 0 Å². The SMILES string of the molecule is Cc1ccc2c(N)c(C(=O)N[C@H]3CCc4nc(N5CC[C@]6(C5)OCC[C@@H]6C)ccc4C3)sc2n1. The van der Waals surface area contributed by atoms with Crippen molar-refractivity contribution in [3.05, 3.63) is 46.1 Å². The topological polar surface area (TPSA) is 93.4 Å². The highest BCUT2D eigenvalue weighted by Gasteiger charge is 2.47. The molecule has 1 spiro atoms. The molecule has 7 nitrogen and oxygen atoms in total. The van der Waals surface area contributed by atoms with Crippen LogP contribution in [0.5, 0.6) is 0 Å². The number of amides is 1. The van der Waals surface area contributed by atoms with E-state index < -0.39 is 0 Å². The average Bonchev–Trinajstić information content (AvgIpc) is 3.51. The van der Waals surface area contributed by atoms with E-state index in [4.69, 9.17) is 15.5 Å². The first kappa shape index (κ1) is 21.8. The van der Waals surface area contributed by atoms with Crippen molar-refractivity contribution in [1.82, 2.24) is 15.3 Å². The molecule has 2 aliphatic heterocycles. The van der Waals surface area contributed by atoms with Gasteiger partial charge in [0.25, 0.3) is 5.91 Å². The van der Waals surface area contributed by atoms with Gasteiger partial charge in [0.05, 0.1) is 11.3 Å². The molecule has 3 N–H and O–H groups in total. The number of thiophene rings is 1. The highest BCUT2D eigenvalue weighted by molar-refractivity contribution is 7.21. The van der Waals surface area contributed by atoms with Crippen LogP contribution in [0.3, 0.4) is 0 Å². The molecule has 1 amide bonds. The zero-order valence-corrected chi connectivity index (χ0v) is 20.6. The van der Waals surface area contributed by atoms with Gasteiger partial charge in [0.1, 0.15) is 15.5 Å². The molecule has 8 heteroatoms. The predicted octanol–water partition coefficient (Wildman–Crippen LogP) is 3.87. The second-order valence-corrected chi connectivity index (χ2v) is 11.1. The second kappa shape index (κ2) is 8.20. The first-order chi connectivity index (χ1) is 16.4. The Bertz CT molecular complexity index is 1270. The Hall–Kier alpha value is -2.71. The average molecular weight is 478 g/mol. The Morgan fingerprint density at radius 3 is 2.97 bits per heavy atom. The molecule has 0 saturated carbocycles. The minimum atomic E-state index is -0.107. The normalized spacial score (nSPS) is 26.4. The van der Waals surface area contributed by atoms with Crippen molar-refractivity contribution in [3.63, 3.8) is 0 Å². The van der Waals surface area contributed by atoms with Crippen LogP contribution >= 0.6 is 11.3 Å². The van der Waals surface area contributed by atoms with E-state index in [0.717, 1.165) is 79.2 Å². The standard InChI is InChI=1S/C26H31N5O2S/c1-15-9-12-33-26(15)10-11-31(14-26)21-8-4-17-13-18(5-7-20(17)30-21)29-24(32)23-22(27)19-6-3-16(2)28-25(19)34-23/h3-4,6,8,15,18H,5,7,9-14,27H2,1-2H3,(H,29,32)/t15-,18-,26+/m0/s1. The molecule has 6 rings (SSSR count). The van der Waals surface area contributed by atoms with Crippen molar-refractivity contribution in [3.8, 4) is 0 Å². The molecule has 2 fully saturated rings. The summed E-state index contributed by atoms with van der Waals surface area (Å²) in [6, 6.07) is 8.28.